The van der Waals surface area contributed by atoms with E-state index in [9.17, 15) is 10.1 Å². The zero-order chi connectivity index (χ0) is 12.0. The van der Waals surface area contributed by atoms with Crippen LogP contribution in [-0.4, -0.2) is 25.1 Å². The normalized spacial score (nSPS) is 10.1. The number of ether oxygens (including phenoxy) is 1. The Hall–Kier alpha value is -1.33. The highest BCUT2D eigenvalue weighted by molar-refractivity contribution is 6.32. The summed E-state index contributed by atoms with van der Waals surface area (Å²) in [5.74, 6) is 0.144. The van der Waals surface area contributed by atoms with E-state index in [1.807, 2.05) is 7.05 Å². The zero-order valence-corrected chi connectivity index (χ0v) is 9.66. The van der Waals surface area contributed by atoms with Crippen LogP contribution in [0, 0.1) is 10.1 Å². The van der Waals surface area contributed by atoms with Crippen LogP contribution in [0.5, 0.6) is 5.75 Å². The highest BCUT2D eigenvalue weighted by atomic mass is 35.5. The molecule has 0 saturated carbocycles. The molecule has 1 rings (SSSR count). The first-order valence-corrected chi connectivity index (χ1v) is 5.25. The first-order chi connectivity index (χ1) is 7.66. The molecule has 5 nitrogen and oxygen atoms in total. The summed E-state index contributed by atoms with van der Waals surface area (Å²) < 4.78 is 5.32. The first kappa shape index (κ1) is 12.7. The SMILES string of the molecule is CNCCCOc1c(Cl)cccc1[N+](=O)[O-]. The Morgan fingerprint density at radius 2 is 2.31 bits per heavy atom. The van der Waals surface area contributed by atoms with Gasteiger partial charge in [0.15, 0.2) is 0 Å². The van der Waals surface area contributed by atoms with E-state index < -0.39 is 4.92 Å². The highest BCUT2D eigenvalue weighted by Crippen LogP contribution is 2.34. The van der Waals surface area contributed by atoms with Crippen molar-refractivity contribution in [1.82, 2.24) is 5.32 Å². The van der Waals surface area contributed by atoms with Gasteiger partial charge in [0.05, 0.1) is 16.6 Å². The second-order valence-electron chi connectivity index (χ2n) is 3.15. The molecule has 0 heterocycles. The van der Waals surface area contributed by atoms with Gasteiger partial charge in [-0.1, -0.05) is 17.7 Å². The molecule has 0 aliphatic heterocycles. The summed E-state index contributed by atoms with van der Waals surface area (Å²) in [6.07, 6.45) is 0.763. The summed E-state index contributed by atoms with van der Waals surface area (Å²) in [5, 5.41) is 13.9. The number of hydrogen-bond donors (Lipinski definition) is 1. The fourth-order valence-electron chi connectivity index (χ4n) is 1.21. The van der Waals surface area contributed by atoms with Crippen molar-refractivity contribution in [3.63, 3.8) is 0 Å². The minimum Gasteiger partial charge on any atom is -0.486 e. The van der Waals surface area contributed by atoms with Crippen LogP contribution in [0.25, 0.3) is 0 Å². The van der Waals surface area contributed by atoms with Crippen LogP contribution in [0.3, 0.4) is 0 Å². The number of nitro benzene ring substituents is 1. The van der Waals surface area contributed by atoms with Crippen LogP contribution in [0.1, 0.15) is 6.42 Å². The second kappa shape index (κ2) is 6.30. The molecule has 0 atom stereocenters. The highest BCUT2D eigenvalue weighted by Gasteiger charge is 2.17. The van der Waals surface area contributed by atoms with E-state index in [1.54, 1.807) is 6.07 Å². The molecule has 0 saturated heterocycles. The lowest BCUT2D eigenvalue weighted by Gasteiger charge is -2.07. The van der Waals surface area contributed by atoms with Crippen molar-refractivity contribution >= 4 is 17.3 Å². The number of benzene rings is 1. The molecule has 6 heteroatoms. The van der Waals surface area contributed by atoms with E-state index in [2.05, 4.69) is 5.32 Å². The van der Waals surface area contributed by atoms with Crippen LogP contribution >= 0.6 is 11.6 Å². The third kappa shape index (κ3) is 3.36. The van der Waals surface area contributed by atoms with E-state index in [0.29, 0.717) is 6.61 Å². The smallest absolute Gasteiger partial charge is 0.312 e. The van der Waals surface area contributed by atoms with Gasteiger partial charge in [-0.05, 0) is 26.1 Å². The van der Waals surface area contributed by atoms with Crippen molar-refractivity contribution in [2.45, 2.75) is 6.42 Å². The third-order valence-corrected chi connectivity index (χ3v) is 2.26. The molecule has 0 amide bonds. The van der Waals surface area contributed by atoms with E-state index in [-0.39, 0.29) is 16.5 Å². The van der Waals surface area contributed by atoms with Crippen molar-refractivity contribution in [1.29, 1.82) is 0 Å². The summed E-state index contributed by atoms with van der Waals surface area (Å²) in [5.41, 5.74) is -0.100. The Balaban J connectivity index is 2.73. The quantitative estimate of drug-likeness (QED) is 0.474. The maximum Gasteiger partial charge on any atom is 0.312 e. The molecule has 0 fully saturated rings. The molecule has 0 aliphatic carbocycles. The van der Waals surface area contributed by atoms with Crippen LogP contribution in [0.4, 0.5) is 5.69 Å². The minimum atomic E-state index is -0.501. The van der Waals surface area contributed by atoms with Gasteiger partial charge in [0.2, 0.25) is 5.75 Å². The second-order valence-corrected chi connectivity index (χ2v) is 3.56. The number of nitrogens with zero attached hydrogens (tertiary/aromatic N) is 1. The average molecular weight is 245 g/mol. The minimum absolute atomic E-state index is 0.100. The van der Waals surface area contributed by atoms with Gasteiger partial charge in [0.25, 0.3) is 0 Å². The Labute approximate surface area is 98.5 Å². The lowest BCUT2D eigenvalue weighted by Crippen LogP contribution is -2.12. The van der Waals surface area contributed by atoms with Gasteiger partial charge in [0.1, 0.15) is 0 Å². The number of para-hydroxylation sites is 1. The number of halogens is 1. The van der Waals surface area contributed by atoms with Gasteiger partial charge in [-0.15, -0.1) is 0 Å². The van der Waals surface area contributed by atoms with E-state index in [0.717, 1.165) is 13.0 Å². The third-order valence-electron chi connectivity index (χ3n) is 1.96. The number of nitrogens with one attached hydrogen (secondary N) is 1. The van der Waals surface area contributed by atoms with Gasteiger partial charge < -0.3 is 10.1 Å². The molecule has 1 aromatic rings. The lowest BCUT2D eigenvalue weighted by atomic mass is 10.3. The number of rotatable bonds is 6. The molecular formula is C10H13ClN2O3. The molecule has 0 aliphatic rings. The van der Waals surface area contributed by atoms with Crippen molar-refractivity contribution in [2.75, 3.05) is 20.2 Å². The van der Waals surface area contributed by atoms with Crippen molar-refractivity contribution in [3.8, 4) is 5.75 Å². The Kier molecular flexibility index (Phi) is 5.01. The predicted octanol–water partition coefficient (Wildman–Crippen LogP) is 2.24. The van der Waals surface area contributed by atoms with Crippen LogP contribution in [0.15, 0.2) is 18.2 Å². The predicted molar refractivity (Wildman–Crippen MR) is 62.1 cm³/mol. The van der Waals surface area contributed by atoms with Gasteiger partial charge in [0, 0.05) is 6.07 Å². The first-order valence-electron chi connectivity index (χ1n) is 4.87. The maximum absolute atomic E-state index is 10.7. The van der Waals surface area contributed by atoms with Gasteiger partial charge >= 0.3 is 5.69 Å². The van der Waals surface area contributed by atoms with E-state index >= 15 is 0 Å². The Morgan fingerprint density at radius 3 is 2.94 bits per heavy atom. The average Bonchev–Trinajstić information content (AvgIpc) is 2.25. The van der Waals surface area contributed by atoms with Crippen LogP contribution < -0.4 is 10.1 Å². The van der Waals surface area contributed by atoms with Crippen LogP contribution in [0.2, 0.25) is 5.02 Å². The molecule has 88 valence electrons. The number of nitro groups is 1. The van der Waals surface area contributed by atoms with E-state index in [1.165, 1.54) is 12.1 Å². The molecule has 0 unspecified atom stereocenters. The Morgan fingerprint density at radius 1 is 1.56 bits per heavy atom. The molecule has 1 aromatic carbocycles. The summed E-state index contributed by atoms with van der Waals surface area (Å²) in [7, 11) is 1.83. The van der Waals surface area contributed by atoms with Gasteiger partial charge in [-0.3, -0.25) is 10.1 Å². The maximum atomic E-state index is 10.7. The monoisotopic (exact) mass is 244 g/mol. The molecule has 0 spiro atoms. The fourth-order valence-corrected chi connectivity index (χ4v) is 1.43. The van der Waals surface area contributed by atoms with Gasteiger partial charge in [-0.25, -0.2) is 0 Å². The zero-order valence-electron chi connectivity index (χ0n) is 8.90. The molecule has 16 heavy (non-hydrogen) atoms. The van der Waals surface area contributed by atoms with E-state index in [4.69, 9.17) is 16.3 Å². The molecule has 1 N–H and O–H groups in total. The van der Waals surface area contributed by atoms with Crippen molar-refractivity contribution < 1.29 is 9.66 Å². The number of hydrogen-bond acceptors (Lipinski definition) is 4. The summed E-state index contributed by atoms with van der Waals surface area (Å²) >= 11 is 5.84. The van der Waals surface area contributed by atoms with Crippen molar-refractivity contribution in [2.24, 2.45) is 0 Å². The summed E-state index contributed by atoms with van der Waals surface area (Å²) in [6.45, 7) is 1.18. The topological polar surface area (TPSA) is 64.4 Å². The summed E-state index contributed by atoms with van der Waals surface area (Å²) in [6, 6.07) is 4.47. The van der Waals surface area contributed by atoms with Gasteiger partial charge in [-0.2, -0.15) is 0 Å². The molecule has 0 radical (unpaired) electrons. The fraction of sp³-hybridized carbons (Fsp3) is 0.400. The lowest BCUT2D eigenvalue weighted by molar-refractivity contribution is -0.385. The molecular weight excluding hydrogens is 232 g/mol. The standard InChI is InChI=1S/C10H13ClN2O3/c1-12-6-3-7-16-10-8(11)4-2-5-9(10)13(14)15/h2,4-5,12H,3,6-7H2,1H3. The van der Waals surface area contributed by atoms with Crippen LogP contribution in [-0.2, 0) is 0 Å². The summed E-state index contributed by atoms with van der Waals surface area (Å²) in [4.78, 5) is 10.2. The molecule has 0 aromatic heterocycles. The van der Waals surface area contributed by atoms with Crippen molar-refractivity contribution in [3.05, 3.63) is 33.3 Å². The molecule has 0 bridgehead atoms. The largest absolute Gasteiger partial charge is 0.486 e. The Bertz CT molecular complexity index is 371.